The molecule has 132 valence electrons. The minimum absolute atomic E-state index is 0.0168. The van der Waals surface area contributed by atoms with Crippen LogP contribution in [-0.4, -0.2) is 26.0 Å². The maximum absolute atomic E-state index is 14.9. The zero-order chi connectivity index (χ0) is 18.4. The van der Waals surface area contributed by atoms with Crippen LogP contribution in [0.2, 0.25) is 5.02 Å². The van der Waals surface area contributed by atoms with Gasteiger partial charge in [-0.25, -0.2) is 9.37 Å². The van der Waals surface area contributed by atoms with E-state index in [1.807, 2.05) is 0 Å². The molecule has 26 heavy (non-hydrogen) atoms. The van der Waals surface area contributed by atoms with Crippen LogP contribution >= 0.6 is 11.6 Å². The number of carbonyl (C=O) groups excluding carboxylic acids is 1. The van der Waals surface area contributed by atoms with Gasteiger partial charge in [-0.05, 0) is 19.1 Å². The topological polar surface area (TPSA) is 101 Å². The van der Waals surface area contributed by atoms with Crippen LogP contribution in [0.5, 0.6) is 0 Å². The van der Waals surface area contributed by atoms with Crippen molar-refractivity contribution in [1.82, 2.24) is 19.6 Å². The molecule has 7 nitrogen and oxygen atoms in total. The number of fused-ring (bicyclic) bond motifs is 2. The summed E-state index contributed by atoms with van der Waals surface area (Å²) in [5, 5.41) is 9.99. The van der Waals surface area contributed by atoms with Gasteiger partial charge in [-0.15, -0.1) is 0 Å². The molecule has 1 atom stereocenters. The molecule has 1 unspecified atom stereocenters. The molecule has 4 N–H and O–H groups in total. The number of amides is 1. The summed E-state index contributed by atoms with van der Waals surface area (Å²) in [4.78, 5) is 14.8. The fourth-order valence-electron chi connectivity index (χ4n) is 3.12. The fourth-order valence-corrected chi connectivity index (χ4v) is 3.43. The zero-order valence-corrected chi connectivity index (χ0v) is 14.4. The van der Waals surface area contributed by atoms with Crippen molar-refractivity contribution < 1.29 is 9.18 Å². The Balaban J connectivity index is 1.98. The molecule has 0 spiro atoms. The standard InChI is InChI=1S/C17H14ClFN6O/c1-8(20)13-16(19)15(18)14(10-4-22-24-17(10)13)9-2-3-12-23-11(21-7-26)6-25(12)5-9/h2-8H,20H2,1H3,(H,21,26)(H,22,24). The summed E-state index contributed by atoms with van der Waals surface area (Å²) in [5.41, 5.74) is 8.55. The number of benzene rings is 1. The van der Waals surface area contributed by atoms with Gasteiger partial charge < -0.3 is 15.5 Å². The quantitative estimate of drug-likeness (QED) is 0.478. The molecule has 0 radical (unpaired) electrons. The molecule has 0 aliphatic heterocycles. The van der Waals surface area contributed by atoms with Crippen molar-refractivity contribution in [1.29, 1.82) is 0 Å². The summed E-state index contributed by atoms with van der Waals surface area (Å²) in [6.45, 7) is 1.69. The number of nitrogens with zero attached hydrogens (tertiary/aromatic N) is 3. The lowest BCUT2D eigenvalue weighted by atomic mass is 9.97. The molecule has 0 bridgehead atoms. The Morgan fingerprint density at radius 2 is 2.23 bits per heavy atom. The minimum atomic E-state index is -0.567. The van der Waals surface area contributed by atoms with E-state index >= 15 is 0 Å². The molecule has 0 saturated heterocycles. The van der Waals surface area contributed by atoms with Gasteiger partial charge in [0.05, 0.1) is 22.9 Å². The van der Waals surface area contributed by atoms with Gasteiger partial charge in [0, 0.05) is 34.3 Å². The smallest absolute Gasteiger partial charge is 0.212 e. The Morgan fingerprint density at radius 3 is 2.96 bits per heavy atom. The number of aromatic nitrogens is 4. The number of carbonyl (C=O) groups is 1. The average molecular weight is 373 g/mol. The number of hydrogen-bond donors (Lipinski definition) is 3. The minimum Gasteiger partial charge on any atom is -0.324 e. The van der Waals surface area contributed by atoms with Crippen molar-refractivity contribution in [2.75, 3.05) is 5.32 Å². The number of imidazole rings is 1. The van der Waals surface area contributed by atoms with Crippen molar-refractivity contribution in [3.05, 3.63) is 47.1 Å². The fraction of sp³-hybridized carbons (Fsp3) is 0.118. The Labute approximate surface area is 152 Å². The Hall–Kier alpha value is -2.97. The number of hydrogen-bond acceptors (Lipinski definition) is 4. The average Bonchev–Trinajstić information content (AvgIpc) is 3.21. The first-order valence-corrected chi connectivity index (χ1v) is 8.18. The van der Waals surface area contributed by atoms with Crippen LogP contribution < -0.4 is 11.1 Å². The summed E-state index contributed by atoms with van der Waals surface area (Å²) in [6, 6.07) is 2.99. The van der Waals surface area contributed by atoms with E-state index in [1.165, 1.54) is 0 Å². The highest BCUT2D eigenvalue weighted by atomic mass is 35.5. The van der Waals surface area contributed by atoms with Gasteiger partial charge >= 0.3 is 0 Å². The van der Waals surface area contributed by atoms with E-state index in [1.54, 1.807) is 42.0 Å². The molecule has 1 amide bonds. The van der Waals surface area contributed by atoms with Crippen LogP contribution in [0.15, 0.2) is 30.7 Å². The Kier molecular flexibility index (Phi) is 3.86. The normalized spacial score (nSPS) is 12.6. The lowest BCUT2D eigenvalue weighted by Gasteiger charge is -2.14. The molecule has 0 aliphatic rings. The second kappa shape index (κ2) is 6.08. The summed E-state index contributed by atoms with van der Waals surface area (Å²) in [7, 11) is 0. The molecule has 3 heterocycles. The van der Waals surface area contributed by atoms with Crippen molar-refractivity contribution in [3.63, 3.8) is 0 Å². The molecule has 0 fully saturated rings. The first-order chi connectivity index (χ1) is 12.5. The molecule has 9 heteroatoms. The first kappa shape index (κ1) is 16.5. The van der Waals surface area contributed by atoms with Gasteiger partial charge in [0.2, 0.25) is 6.41 Å². The van der Waals surface area contributed by atoms with Crippen LogP contribution in [0.4, 0.5) is 10.2 Å². The van der Waals surface area contributed by atoms with Gasteiger partial charge in [0.25, 0.3) is 0 Å². The summed E-state index contributed by atoms with van der Waals surface area (Å²) < 4.78 is 16.6. The number of aromatic amines is 1. The Morgan fingerprint density at radius 1 is 1.42 bits per heavy atom. The third-order valence-electron chi connectivity index (χ3n) is 4.23. The van der Waals surface area contributed by atoms with Gasteiger partial charge in [-0.2, -0.15) is 5.10 Å². The number of halogens is 2. The van der Waals surface area contributed by atoms with Crippen molar-refractivity contribution in [3.8, 4) is 11.1 Å². The molecule has 4 aromatic rings. The number of H-pyrrole nitrogens is 1. The number of pyridine rings is 1. The second-order valence-electron chi connectivity index (χ2n) is 5.94. The molecule has 1 aromatic carbocycles. The van der Waals surface area contributed by atoms with Crippen molar-refractivity contribution in [2.24, 2.45) is 5.73 Å². The van der Waals surface area contributed by atoms with E-state index in [-0.39, 0.29) is 5.02 Å². The summed E-state index contributed by atoms with van der Waals surface area (Å²) in [5.74, 6) is -0.155. The highest BCUT2D eigenvalue weighted by Crippen LogP contribution is 2.40. The van der Waals surface area contributed by atoms with Gasteiger partial charge in [-0.3, -0.25) is 9.89 Å². The third-order valence-corrected chi connectivity index (χ3v) is 4.58. The monoisotopic (exact) mass is 372 g/mol. The number of nitrogens with two attached hydrogens (primary N) is 1. The van der Waals surface area contributed by atoms with Crippen LogP contribution in [0.25, 0.3) is 27.7 Å². The highest BCUT2D eigenvalue weighted by Gasteiger charge is 2.23. The lowest BCUT2D eigenvalue weighted by molar-refractivity contribution is -0.105. The molecule has 0 aliphatic carbocycles. The Bertz CT molecular complexity index is 1150. The van der Waals surface area contributed by atoms with E-state index in [2.05, 4.69) is 20.5 Å². The number of rotatable bonds is 4. The zero-order valence-electron chi connectivity index (χ0n) is 13.6. The third kappa shape index (κ3) is 2.42. The van der Waals surface area contributed by atoms with Gasteiger partial charge in [-0.1, -0.05) is 11.6 Å². The predicted octanol–water partition coefficient (Wildman–Crippen LogP) is 3.26. The van der Waals surface area contributed by atoms with E-state index in [0.29, 0.717) is 45.5 Å². The summed E-state index contributed by atoms with van der Waals surface area (Å²) in [6.07, 6.45) is 5.56. The molecular formula is C17H14ClFN6O. The van der Waals surface area contributed by atoms with Gasteiger partial charge in [0.15, 0.2) is 5.82 Å². The number of anilines is 1. The van der Waals surface area contributed by atoms with Crippen LogP contribution in [-0.2, 0) is 4.79 Å². The van der Waals surface area contributed by atoms with Crippen molar-refractivity contribution >= 4 is 40.4 Å². The molecule has 0 saturated carbocycles. The van der Waals surface area contributed by atoms with Crippen molar-refractivity contribution in [2.45, 2.75) is 13.0 Å². The molecule has 3 aromatic heterocycles. The van der Waals surface area contributed by atoms with E-state index in [4.69, 9.17) is 17.3 Å². The maximum atomic E-state index is 14.9. The van der Waals surface area contributed by atoms with E-state index in [0.717, 1.165) is 0 Å². The SMILES string of the molecule is CC(N)c1c(F)c(Cl)c(-c2ccc3nc(NC=O)cn3c2)c2cn[nH]c12. The predicted molar refractivity (Wildman–Crippen MR) is 97.5 cm³/mol. The largest absolute Gasteiger partial charge is 0.324 e. The summed E-state index contributed by atoms with van der Waals surface area (Å²) >= 11 is 6.36. The lowest BCUT2D eigenvalue weighted by Crippen LogP contribution is -2.09. The van der Waals surface area contributed by atoms with Crippen LogP contribution in [0.1, 0.15) is 18.5 Å². The van der Waals surface area contributed by atoms with E-state index < -0.39 is 11.9 Å². The number of nitrogens with one attached hydrogen (secondary N) is 2. The first-order valence-electron chi connectivity index (χ1n) is 7.80. The maximum Gasteiger partial charge on any atom is 0.212 e. The van der Waals surface area contributed by atoms with Crippen LogP contribution in [0, 0.1) is 5.82 Å². The molecule has 4 rings (SSSR count). The van der Waals surface area contributed by atoms with Gasteiger partial charge in [0.1, 0.15) is 11.5 Å². The highest BCUT2D eigenvalue weighted by molar-refractivity contribution is 6.35. The second-order valence-corrected chi connectivity index (χ2v) is 6.31. The van der Waals surface area contributed by atoms with Crippen LogP contribution in [0.3, 0.4) is 0 Å². The van der Waals surface area contributed by atoms with E-state index in [9.17, 15) is 9.18 Å². The molecular weight excluding hydrogens is 359 g/mol.